The Morgan fingerprint density at radius 2 is 1.88 bits per heavy atom. The van der Waals surface area contributed by atoms with Gasteiger partial charge in [-0.3, -0.25) is 9.69 Å². The van der Waals surface area contributed by atoms with Crippen molar-refractivity contribution >= 4 is 34.0 Å². The summed E-state index contributed by atoms with van der Waals surface area (Å²) in [7, 11) is 0. The second kappa shape index (κ2) is 11.4. The van der Waals surface area contributed by atoms with Crippen LogP contribution in [-0.2, 0) is 16.1 Å². The average Bonchev–Trinajstić information content (AvgIpc) is 3.21. The molecule has 1 N–H and O–H groups in total. The molecule has 168 valence electrons. The molecule has 1 saturated heterocycles. The zero-order chi connectivity index (χ0) is 22.2. The fourth-order valence-corrected chi connectivity index (χ4v) is 4.60. The zero-order valence-electron chi connectivity index (χ0n) is 17.8. The van der Waals surface area contributed by atoms with Gasteiger partial charge in [-0.2, -0.15) is 0 Å². The smallest absolute Gasteiger partial charge is 0.226 e. The normalized spacial score (nSPS) is 14.3. The van der Waals surface area contributed by atoms with Gasteiger partial charge >= 0.3 is 0 Å². The lowest BCUT2D eigenvalue weighted by Crippen LogP contribution is -2.35. The fourth-order valence-electron chi connectivity index (χ4n) is 3.43. The van der Waals surface area contributed by atoms with Gasteiger partial charge < -0.3 is 14.8 Å². The molecule has 1 aliphatic heterocycles. The first-order valence-corrected chi connectivity index (χ1v) is 11.9. The van der Waals surface area contributed by atoms with Crippen molar-refractivity contribution in [1.82, 2.24) is 9.88 Å². The van der Waals surface area contributed by atoms with E-state index in [1.165, 1.54) is 0 Å². The van der Waals surface area contributed by atoms with Crippen LogP contribution >= 0.6 is 22.9 Å². The van der Waals surface area contributed by atoms with Gasteiger partial charge in [-0.15, -0.1) is 0 Å². The number of nitrogens with one attached hydrogen (secondary N) is 1. The van der Waals surface area contributed by atoms with E-state index in [1.54, 1.807) is 23.5 Å². The number of halogens is 1. The van der Waals surface area contributed by atoms with Gasteiger partial charge in [0.1, 0.15) is 5.75 Å². The van der Waals surface area contributed by atoms with E-state index in [-0.39, 0.29) is 5.91 Å². The quantitative estimate of drug-likeness (QED) is 0.440. The van der Waals surface area contributed by atoms with E-state index < -0.39 is 0 Å². The maximum Gasteiger partial charge on any atom is 0.226 e. The molecular weight excluding hydrogens is 446 g/mol. The Balaban J connectivity index is 1.34. The van der Waals surface area contributed by atoms with Crippen LogP contribution in [0.15, 0.2) is 54.6 Å². The first kappa shape index (κ1) is 22.7. The molecule has 1 aliphatic rings. The Bertz CT molecular complexity index is 1010. The molecule has 0 spiro atoms. The Labute approximate surface area is 197 Å². The molecule has 0 radical (unpaired) electrons. The lowest BCUT2D eigenvalue weighted by molar-refractivity contribution is -0.116. The number of anilines is 1. The minimum absolute atomic E-state index is 0.0593. The third kappa shape index (κ3) is 6.53. The Hall–Kier alpha value is -2.45. The van der Waals surface area contributed by atoms with Gasteiger partial charge in [0.2, 0.25) is 5.91 Å². The summed E-state index contributed by atoms with van der Waals surface area (Å²) in [5, 5.41) is 4.27. The van der Waals surface area contributed by atoms with Gasteiger partial charge in [0.15, 0.2) is 5.13 Å². The summed E-state index contributed by atoms with van der Waals surface area (Å²) in [4.78, 5) is 20.7. The van der Waals surface area contributed by atoms with Crippen molar-refractivity contribution in [3.63, 3.8) is 0 Å². The largest absolute Gasteiger partial charge is 0.494 e. The number of ether oxygens (including phenoxy) is 2. The summed E-state index contributed by atoms with van der Waals surface area (Å²) >= 11 is 7.42. The highest BCUT2D eigenvalue weighted by atomic mass is 35.5. The molecule has 1 amide bonds. The van der Waals surface area contributed by atoms with Gasteiger partial charge in [-0.05, 0) is 30.7 Å². The first-order chi connectivity index (χ1) is 15.7. The molecule has 1 fully saturated rings. The SMILES string of the molecule is O=C(CCCOc1ccc(Cl)cc1)Nc1nc(-c2ccccc2)c(CN2CCOCC2)s1. The summed E-state index contributed by atoms with van der Waals surface area (Å²) < 4.78 is 11.1. The van der Waals surface area contributed by atoms with Gasteiger partial charge in [-0.25, -0.2) is 4.98 Å². The van der Waals surface area contributed by atoms with E-state index in [1.807, 2.05) is 30.3 Å². The summed E-state index contributed by atoms with van der Waals surface area (Å²) in [6.07, 6.45) is 0.985. The molecular formula is C24H26ClN3O3S. The number of benzene rings is 2. The molecule has 0 atom stereocenters. The number of rotatable bonds is 9. The number of aromatic nitrogens is 1. The van der Waals surface area contributed by atoms with Crippen molar-refractivity contribution in [3.8, 4) is 17.0 Å². The molecule has 32 heavy (non-hydrogen) atoms. The number of carbonyl (C=O) groups is 1. The van der Waals surface area contributed by atoms with Crippen molar-refractivity contribution < 1.29 is 14.3 Å². The van der Waals surface area contributed by atoms with Crippen LogP contribution in [0.1, 0.15) is 17.7 Å². The minimum atomic E-state index is -0.0593. The predicted molar refractivity (Wildman–Crippen MR) is 128 cm³/mol. The maximum absolute atomic E-state index is 12.5. The van der Waals surface area contributed by atoms with E-state index in [0.29, 0.717) is 29.6 Å². The highest BCUT2D eigenvalue weighted by Crippen LogP contribution is 2.32. The van der Waals surface area contributed by atoms with Crippen molar-refractivity contribution in [2.75, 3.05) is 38.2 Å². The molecule has 1 aromatic heterocycles. The molecule has 3 aromatic rings. The third-order valence-corrected chi connectivity index (χ3v) is 6.30. The van der Waals surface area contributed by atoms with Crippen LogP contribution in [0.3, 0.4) is 0 Å². The van der Waals surface area contributed by atoms with Crippen LogP contribution in [-0.4, -0.2) is 48.7 Å². The predicted octanol–water partition coefficient (Wildman–Crippen LogP) is 5.09. The second-order valence-electron chi connectivity index (χ2n) is 7.50. The van der Waals surface area contributed by atoms with Gasteiger partial charge in [0.25, 0.3) is 0 Å². The molecule has 0 bridgehead atoms. The van der Waals surface area contributed by atoms with E-state index in [9.17, 15) is 4.79 Å². The van der Waals surface area contributed by atoms with Gasteiger partial charge in [0, 0.05) is 41.5 Å². The van der Waals surface area contributed by atoms with E-state index in [2.05, 4.69) is 22.3 Å². The van der Waals surface area contributed by atoms with Crippen molar-refractivity contribution in [2.45, 2.75) is 19.4 Å². The Kier molecular flexibility index (Phi) is 8.12. The van der Waals surface area contributed by atoms with Crippen LogP contribution in [0, 0.1) is 0 Å². The van der Waals surface area contributed by atoms with Gasteiger partial charge in [-0.1, -0.05) is 53.3 Å². The van der Waals surface area contributed by atoms with E-state index in [4.69, 9.17) is 26.1 Å². The minimum Gasteiger partial charge on any atom is -0.494 e. The summed E-state index contributed by atoms with van der Waals surface area (Å²) in [6.45, 7) is 4.58. The van der Waals surface area contributed by atoms with Crippen molar-refractivity contribution in [2.24, 2.45) is 0 Å². The standard InChI is InChI=1S/C24H26ClN3O3S/c25-19-8-10-20(11-9-19)31-14-4-7-22(29)26-24-27-23(18-5-2-1-3-6-18)21(32-24)17-28-12-15-30-16-13-28/h1-3,5-6,8-11H,4,7,12-17H2,(H,26,27,29). The zero-order valence-corrected chi connectivity index (χ0v) is 19.3. The second-order valence-corrected chi connectivity index (χ2v) is 9.02. The number of amides is 1. The van der Waals surface area contributed by atoms with Crippen LogP contribution in [0.2, 0.25) is 5.02 Å². The first-order valence-electron chi connectivity index (χ1n) is 10.7. The molecule has 2 heterocycles. The van der Waals surface area contributed by atoms with Crippen molar-refractivity contribution in [3.05, 3.63) is 64.5 Å². The molecule has 0 unspecified atom stereocenters. The number of morpholine rings is 1. The maximum atomic E-state index is 12.5. The lowest BCUT2D eigenvalue weighted by Gasteiger charge is -2.26. The number of thiazole rings is 1. The molecule has 8 heteroatoms. The lowest BCUT2D eigenvalue weighted by atomic mass is 10.1. The van der Waals surface area contributed by atoms with Crippen LogP contribution in [0.25, 0.3) is 11.3 Å². The van der Waals surface area contributed by atoms with E-state index in [0.717, 1.165) is 54.7 Å². The summed E-state index contributed by atoms with van der Waals surface area (Å²) in [5.41, 5.74) is 1.99. The summed E-state index contributed by atoms with van der Waals surface area (Å²) in [6, 6.07) is 17.3. The average molecular weight is 472 g/mol. The third-order valence-electron chi connectivity index (χ3n) is 5.09. The highest BCUT2D eigenvalue weighted by molar-refractivity contribution is 7.16. The van der Waals surface area contributed by atoms with Crippen molar-refractivity contribution in [1.29, 1.82) is 0 Å². The molecule has 2 aromatic carbocycles. The Morgan fingerprint density at radius 1 is 1.12 bits per heavy atom. The molecule has 6 nitrogen and oxygen atoms in total. The van der Waals surface area contributed by atoms with E-state index >= 15 is 0 Å². The van der Waals surface area contributed by atoms with Crippen LogP contribution in [0.4, 0.5) is 5.13 Å². The number of hydrogen-bond donors (Lipinski definition) is 1. The van der Waals surface area contributed by atoms with Crippen LogP contribution < -0.4 is 10.1 Å². The topological polar surface area (TPSA) is 63.7 Å². The van der Waals surface area contributed by atoms with Crippen LogP contribution in [0.5, 0.6) is 5.75 Å². The fraction of sp³-hybridized carbons (Fsp3) is 0.333. The number of carbonyl (C=O) groups excluding carboxylic acids is 1. The number of hydrogen-bond acceptors (Lipinski definition) is 6. The number of nitrogens with zero attached hydrogens (tertiary/aromatic N) is 2. The molecule has 0 saturated carbocycles. The monoisotopic (exact) mass is 471 g/mol. The Morgan fingerprint density at radius 3 is 2.62 bits per heavy atom. The molecule has 4 rings (SSSR count). The molecule has 0 aliphatic carbocycles. The summed E-state index contributed by atoms with van der Waals surface area (Å²) in [5.74, 6) is 0.686. The van der Waals surface area contributed by atoms with Gasteiger partial charge in [0.05, 0.1) is 25.5 Å². The highest BCUT2D eigenvalue weighted by Gasteiger charge is 2.19.